The second-order valence-corrected chi connectivity index (χ2v) is 9.22. The van der Waals surface area contributed by atoms with Crippen molar-refractivity contribution in [2.45, 2.75) is 20.3 Å². The number of hydrogen-bond donors (Lipinski definition) is 0. The van der Waals surface area contributed by atoms with Gasteiger partial charge in [0.1, 0.15) is 23.3 Å². The van der Waals surface area contributed by atoms with Crippen molar-refractivity contribution >= 4 is 28.8 Å². The number of aryl methyl sites for hydroxylation is 2. The molecule has 1 aliphatic heterocycles. The van der Waals surface area contributed by atoms with Crippen LogP contribution in [-0.2, 0) is 4.74 Å². The number of ether oxygens (including phenoxy) is 3. The number of carbonyl (C=O) groups excluding carboxylic acids is 3. The van der Waals surface area contributed by atoms with Crippen molar-refractivity contribution in [1.29, 1.82) is 0 Å². The van der Waals surface area contributed by atoms with Gasteiger partial charge in [0.15, 0.2) is 0 Å². The number of fused-ring (bicyclic) bond motifs is 2. The first-order valence-electron chi connectivity index (χ1n) is 12.3. The Bertz CT molecular complexity index is 1690. The minimum atomic E-state index is -0.729. The molecule has 0 aliphatic carbocycles. The zero-order valence-electron chi connectivity index (χ0n) is 21.6. The Kier molecular flexibility index (Phi) is 7.00. The molecule has 39 heavy (non-hydrogen) atoms. The molecule has 0 bridgehead atoms. The van der Waals surface area contributed by atoms with Crippen LogP contribution in [0.25, 0.3) is 11.0 Å². The lowest BCUT2D eigenvalue weighted by Crippen LogP contribution is -2.31. The Morgan fingerprint density at radius 3 is 2.49 bits per heavy atom. The number of esters is 1. The van der Waals surface area contributed by atoms with Crippen LogP contribution in [0.1, 0.15) is 48.6 Å². The monoisotopic (exact) mass is 527 g/mol. The smallest absolute Gasteiger partial charge is 0.343 e. The summed E-state index contributed by atoms with van der Waals surface area (Å²) < 4.78 is 21.9. The SMILES string of the molecule is COCCCN1C(=O)c2ccc(C(=O)Oc3ccc4c(=O)c(Oc5cc(C)ccc5C)coc4c3)cc2C1=O. The molecule has 0 fully saturated rings. The van der Waals surface area contributed by atoms with E-state index in [9.17, 15) is 19.2 Å². The molecule has 198 valence electrons. The maximum atomic E-state index is 13.0. The molecule has 0 N–H and O–H groups in total. The van der Waals surface area contributed by atoms with Crippen LogP contribution in [0.5, 0.6) is 17.2 Å². The molecule has 3 aromatic carbocycles. The lowest BCUT2D eigenvalue weighted by Gasteiger charge is -2.12. The molecule has 1 aromatic heterocycles. The average molecular weight is 528 g/mol. The molecule has 0 atom stereocenters. The highest BCUT2D eigenvalue weighted by atomic mass is 16.5. The van der Waals surface area contributed by atoms with Crippen LogP contribution in [-0.4, -0.2) is 42.9 Å². The predicted molar refractivity (Wildman–Crippen MR) is 142 cm³/mol. The third kappa shape index (κ3) is 5.04. The van der Waals surface area contributed by atoms with E-state index in [2.05, 4.69) is 0 Å². The summed E-state index contributed by atoms with van der Waals surface area (Å²) in [6, 6.07) is 14.3. The summed E-state index contributed by atoms with van der Waals surface area (Å²) in [5.41, 5.74) is 2.19. The third-order valence-electron chi connectivity index (χ3n) is 6.43. The number of imide groups is 1. The van der Waals surface area contributed by atoms with E-state index in [-0.39, 0.29) is 51.1 Å². The van der Waals surface area contributed by atoms with Crippen molar-refractivity contribution in [3.05, 3.63) is 98.9 Å². The van der Waals surface area contributed by atoms with Gasteiger partial charge in [0.05, 0.1) is 22.1 Å². The van der Waals surface area contributed by atoms with E-state index in [1.165, 1.54) is 42.7 Å². The number of carbonyl (C=O) groups is 3. The zero-order valence-corrected chi connectivity index (χ0v) is 21.6. The normalized spacial score (nSPS) is 12.6. The summed E-state index contributed by atoms with van der Waals surface area (Å²) in [4.78, 5) is 52.3. The number of benzene rings is 3. The number of methoxy groups -OCH3 is 1. The number of amides is 2. The fourth-order valence-corrected chi connectivity index (χ4v) is 4.31. The van der Waals surface area contributed by atoms with Gasteiger partial charge in [0.2, 0.25) is 11.2 Å². The van der Waals surface area contributed by atoms with Gasteiger partial charge in [-0.1, -0.05) is 12.1 Å². The van der Waals surface area contributed by atoms with Crippen molar-refractivity contribution in [2.24, 2.45) is 0 Å². The molecule has 9 nitrogen and oxygen atoms in total. The second kappa shape index (κ2) is 10.5. The van der Waals surface area contributed by atoms with E-state index in [1.54, 1.807) is 7.11 Å². The maximum absolute atomic E-state index is 13.0. The summed E-state index contributed by atoms with van der Waals surface area (Å²) in [7, 11) is 1.54. The van der Waals surface area contributed by atoms with Crippen LogP contribution in [0, 0.1) is 13.8 Å². The third-order valence-corrected chi connectivity index (χ3v) is 6.43. The van der Waals surface area contributed by atoms with Crippen molar-refractivity contribution in [2.75, 3.05) is 20.3 Å². The van der Waals surface area contributed by atoms with Crippen molar-refractivity contribution < 1.29 is 33.0 Å². The molecule has 5 rings (SSSR count). The highest BCUT2D eigenvalue weighted by Crippen LogP contribution is 2.28. The molecule has 0 saturated heterocycles. The minimum Gasteiger partial charge on any atom is -0.460 e. The van der Waals surface area contributed by atoms with Gasteiger partial charge in [-0.25, -0.2) is 4.79 Å². The quantitative estimate of drug-likeness (QED) is 0.135. The van der Waals surface area contributed by atoms with Crippen molar-refractivity contribution in [3.63, 3.8) is 0 Å². The Hall–Kier alpha value is -4.76. The Morgan fingerprint density at radius 2 is 1.69 bits per heavy atom. The summed E-state index contributed by atoms with van der Waals surface area (Å²) in [6.45, 7) is 4.44. The first-order valence-corrected chi connectivity index (χ1v) is 12.3. The molecule has 0 unspecified atom stereocenters. The van der Waals surface area contributed by atoms with Gasteiger partial charge in [-0.05, 0) is 67.8 Å². The van der Waals surface area contributed by atoms with Crippen LogP contribution in [0.15, 0.2) is 70.1 Å². The van der Waals surface area contributed by atoms with Gasteiger partial charge >= 0.3 is 5.97 Å². The molecule has 9 heteroatoms. The molecule has 0 saturated carbocycles. The van der Waals surface area contributed by atoms with Crippen molar-refractivity contribution in [3.8, 4) is 17.2 Å². The Morgan fingerprint density at radius 1 is 0.897 bits per heavy atom. The van der Waals surface area contributed by atoms with E-state index in [0.29, 0.717) is 18.8 Å². The summed E-state index contributed by atoms with van der Waals surface area (Å²) in [5, 5.41) is 0.257. The Balaban J connectivity index is 1.34. The zero-order chi connectivity index (χ0) is 27.7. The lowest BCUT2D eigenvalue weighted by atomic mass is 10.1. The van der Waals surface area contributed by atoms with Gasteiger partial charge in [-0.15, -0.1) is 0 Å². The van der Waals surface area contributed by atoms with Crippen molar-refractivity contribution in [1.82, 2.24) is 4.90 Å². The summed E-state index contributed by atoms with van der Waals surface area (Å²) in [5.74, 6) is -0.867. The van der Waals surface area contributed by atoms with Gasteiger partial charge in [0.25, 0.3) is 11.8 Å². The first-order chi connectivity index (χ1) is 18.8. The topological polar surface area (TPSA) is 112 Å². The summed E-state index contributed by atoms with van der Waals surface area (Å²) >= 11 is 0. The maximum Gasteiger partial charge on any atom is 0.343 e. The second-order valence-electron chi connectivity index (χ2n) is 9.22. The molecular formula is C30H25NO8. The van der Waals surface area contributed by atoms with Crippen LogP contribution >= 0.6 is 0 Å². The highest BCUT2D eigenvalue weighted by molar-refractivity contribution is 6.22. The molecule has 0 spiro atoms. The standard InChI is InChI=1S/C30H25NO8/c1-17-5-6-18(2)24(13-17)39-26-16-37-25-15-20(8-10-22(25)27(26)32)38-30(35)19-7-9-21-23(14-19)29(34)31(28(21)33)11-4-12-36-3/h5-10,13-16H,4,11-12H2,1-3H3. The van der Waals surface area contributed by atoms with Crippen LogP contribution in [0.4, 0.5) is 0 Å². The van der Waals surface area contributed by atoms with E-state index >= 15 is 0 Å². The minimum absolute atomic E-state index is 0.0366. The van der Waals surface area contributed by atoms with Gasteiger partial charge in [0, 0.05) is 26.3 Å². The molecule has 2 heterocycles. The lowest BCUT2D eigenvalue weighted by molar-refractivity contribution is 0.0638. The number of rotatable bonds is 8. The molecule has 0 radical (unpaired) electrons. The molecular weight excluding hydrogens is 502 g/mol. The van der Waals surface area contributed by atoms with E-state index in [4.69, 9.17) is 18.6 Å². The van der Waals surface area contributed by atoms with Crippen LogP contribution < -0.4 is 14.9 Å². The van der Waals surface area contributed by atoms with E-state index in [0.717, 1.165) is 16.0 Å². The predicted octanol–water partition coefficient (Wildman–Crippen LogP) is 5.05. The molecule has 4 aromatic rings. The van der Waals surface area contributed by atoms with Gasteiger partial charge in [-0.3, -0.25) is 19.3 Å². The number of nitrogens with zero attached hydrogens (tertiary/aromatic N) is 1. The fourth-order valence-electron chi connectivity index (χ4n) is 4.31. The first kappa shape index (κ1) is 25.9. The van der Waals surface area contributed by atoms with E-state index in [1.807, 2.05) is 32.0 Å². The van der Waals surface area contributed by atoms with E-state index < -0.39 is 17.8 Å². The molecule has 1 aliphatic rings. The highest BCUT2D eigenvalue weighted by Gasteiger charge is 2.35. The van der Waals surface area contributed by atoms with Crippen LogP contribution in [0.2, 0.25) is 0 Å². The van der Waals surface area contributed by atoms with Crippen LogP contribution in [0.3, 0.4) is 0 Å². The Labute approximate surface area is 223 Å². The fraction of sp³-hybridized carbons (Fsp3) is 0.200. The van der Waals surface area contributed by atoms with Gasteiger partial charge in [-0.2, -0.15) is 0 Å². The largest absolute Gasteiger partial charge is 0.460 e. The summed E-state index contributed by atoms with van der Waals surface area (Å²) in [6.07, 6.45) is 1.73. The average Bonchev–Trinajstić information content (AvgIpc) is 3.16. The number of hydrogen-bond acceptors (Lipinski definition) is 8. The molecule has 2 amide bonds. The van der Waals surface area contributed by atoms with Gasteiger partial charge < -0.3 is 18.6 Å².